The fraction of sp³-hybridized carbons (Fsp3) is 0.0667. The number of aliphatic imine (C=N–C) groups is 2. The van der Waals surface area contributed by atoms with Gasteiger partial charge in [0.05, 0.1) is 0 Å². The Balaban J connectivity index is 0.00000161. The first kappa shape index (κ1) is 14.9. The van der Waals surface area contributed by atoms with Gasteiger partial charge in [0.2, 0.25) is 11.9 Å². The number of guanidine groups is 2. The molecule has 2 aromatic rings. The van der Waals surface area contributed by atoms with Crippen LogP contribution in [0.15, 0.2) is 70.6 Å². The molecule has 1 aliphatic heterocycles. The smallest absolute Gasteiger partial charge is 0.221 e. The van der Waals surface area contributed by atoms with Gasteiger partial charge in [-0.3, -0.25) is 4.90 Å². The molecule has 1 unspecified atom stereocenters. The van der Waals surface area contributed by atoms with Crippen LogP contribution in [0.1, 0.15) is 11.7 Å². The minimum Gasteiger partial charge on any atom is -0.369 e. The van der Waals surface area contributed by atoms with Crippen LogP contribution in [0, 0.1) is 0 Å². The molecule has 4 N–H and O–H groups in total. The van der Waals surface area contributed by atoms with E-state index in [2.05, 4.69) is 9.98 Å². The van der Waals surface area contributed by atoms with Crippen LogP contribution in [0.25, 0.3) is 0 Å². The van der Waals surface area contributed by atoms with Crippen LogP contribution in [-0.2, 0) is 0 Å². The summed E-state index contributed by atoms with van der Waals surface area (Å²) in [6, 6.07) is 19.7. The number of hydrogen-bond donors (Lipinski definition) is 2. The summed E-state index contributed by atoms with van der Waals surface area (Å²) < 4.78 is 0. The number of anilines is 1. The van der Waals surface area contributed by atoms with Crippen LogP contribution in [0.3, 0.4) is 0 Å². The molecule has 1 aliphatic rings. The van der Waals surface area contributed by atoms with E-state index in [0.717, 1.165) is 11.3 Å². The van der Waals surface area contributed by atoms with Gasteiger partial charge in [0.15, 0.2) is 6.17 Å². The third-order valence-electron chi connectivity index (χ3n) is 3.11. The number of benzene rings is 2. The monoisotopic (exact) mass is 301 g/mol. The lowest BCUT2D eigenvalue weighted by atomic mass is 10.1. The molecule has 0 fully saturated rings. The van der Waals surface area contributed by atoms with Gasteiger partial charge in [0.25, 0.3) is 0 Å². The topological polar surface area (TPSA) is 80.0 Å². The fourth-order valence-corrected chi connectivity index (χ4v) is 2.22. The first-order valence-electron chi connectivity index (χ1n) is 6.32. The highest BCUT2D eigenvalue weighted by Gasteiger charge is 2.26. The highest BCUT2D eigenvalue weighted by Crippen LogP contribution is 2.29. The lowest BCUT2D eigenvalue weighted by molar-refractivity contribution is 0.736. The Morgan fingerprint density at radius 2 is 1.43 bits per heavy atom. The maximum Gasteiger partial charge on any atom is 0.221 e. The van der Waals surface area contributed by atoms with Crippen molar-refractivity contribution in [1.29, 1.82) is 0 Å². The van der Waals surface area contributed by atoms with Crippen molar-refractivity contribution in [3.05, 3.63) is 66.2 Å². The first-order valence-corrected chi connectivity index (χ1v) is 6.32. The van der Waals surface area contributed by atoms with E-state index in [4.69, 9.17) is 11.5 Å². The van der Waals surface area contributed by atoms with Crippen LogP contribution >= 0.6 is 12.4 Å². The van der Waals surface area contributed by atoms with E-state index < -0.39 is 0 Å². The molecule has 1 heterocycles. The molecule has 6 heteroatoms. The number of nitrogens with two attached hydrogens (primary N) is 2. The van der Waals surface area contributed by atoms with Crippen LogP contribution in [0.5, 0.6) is 0 Å². The van der Waals surface area contributed by atoms with Gasteiger partial charge in [0, 0.05) is 5.69 Å². The van der Waals surface area contributed by atoms with Gasteiger partial charge in [-0.15, -0.1) is 12.4 Å². The van der Waals surface area contributed by atoms with Crippen molar-refractivity contribution in [2.45, 2.75) is 6.17 Å². The first-order chi connectivity index (χ1) is 9.75. The van der Waals surface area contributed by atoms with Crippen molar-refractivity contribution in [3.8, 4) is 0 Å². The lowest BCUT2D eigenvalue weighted by Crippen LogP contribution is -2.44. The Kier molecular flexibility index (Phi) is 4.45. The Labute approximate surface area is 129 Å². The molecule has 2 aromatic carbocycles. The van der Waals surface area contributed by atoms with Crippen molar-refractivity contribution in [1.82, 2.24) is 0 Å². The SMILES string of the molecule is Cl.NC1=NC(c2ccccc2)N(c2ccccc2)C(N)=N1. The third kappa shape index (κ3) is 2.98. The zero-order valence-electron chi connectivity index (χ0n) is 11.3. The van der Waals surface area contributed by atoms with Crippen LogP contribution in [0.2, 0.25) is 0 Å². The van der Waals surface area contributed by atoms with Crippen molar-refractivity contribution in [2.75, 3.05) is 4.90 Å². The van der Waals surface area contributed by atoms with E-state index in [0.29, 0.717) is 5.96 Å². The third-order valence-corrected chi connectivity index (χ3v) is 3.11. The number of rotatable bonds is 2. The molecule has 0 spiro atoms. The predicted octanol–water partition coefficient (Wildman–Crippen LogP) is 2.26. The Hall–Kier alpha value is -2.53. The van der Waals surface area contributed by atoms with Crippen LogP contribution in [-0.4, -0.2) is 11.9 Å². The fourth-order valence-electron chi connectivity index (χ4n) is 2.22. The summed E-state index contributed by atoms with van der Waals surface area (Å²) in [5.74, 6) is 0.543. The van der Waals surface area contributed by atoms with E-state index in [1.807, 2.05) is 65.6 Å². The van der Waals surface area contributed by atoms with E-state index in [1.165, 1.54) is 0 Å². The number of halogens is 1. The second kappa shape index (κ2) is 6.28. The quantitative estimate of drug-likeness (QED) is 0.893. The van der Waals surface area contributed by atoms with E-state index in [9.17, 15) is 0 Å². The summed E-state index contributed by atoms with van der Waals surface area (Å²) in [5, 5.41) is 0. The highest BCUT2D eigenvalue weighted by molar-refractivity contribution is 6.04. The van der Waals surface area contributed by atoms with Gasteiger partial charge < -0.3 is 11.5 Å². The van der Waals surface area contributed by atoms with E-state index >= 15 is 0 Å². The van der Waals surface area contributed by atoms with Crippen molar-refractivity contribution in [3.63, 3.8) is 0 Å². The maximum absolute atomic E-state index is 6.04. The van der Waals surface area contributed by atoms with Crippen LogP contribution in [0.4, 0.5) is 5.69 Å². The molecular formula is C15H16ClN5. The summed E-state index contributed by atoms with van der Waals surface area (Å²) >= 11 is 0. The lowest BCUT2D eigenvalue weighted by Gasteiger charge is -2.32. The molecule has 1 atom stereocenters. The second-order valence-electron chi connectivity index (χ2n) is 4.45. The van der Waals surface area contributed by atoms with Gasteiger partial charge in [0.1, 0.15) is 0 Å². The molecule has 0 saturated carbocycles. The molecule has 3 rings (SSSR count). The Bertz CT molecular complexity index is 654. The van der Waals surface area contributed by atoms with Crippen LogP contribution < -0.4 is 16.4 Å². The highest BCUT2D eigenvalue weighted by atomic mass is 35.5. The van der Waals surface area contributed by atoms with Gasteiger partial charge in [-0.05, 0) is 17.7 Å². The van der Waals surface area contributed by atoms with E-state index in [1.54, 1.807) is 0 Å². The average molecular weight is 302 g/mol. The molecule has 0 bridgehead atoms. The number of hydrogen-bond acceptors (Lipinski definition) is 5. The summed E-state index contributed by atoms with van der Waals surface area (Å²) in [5.41, 5.74) is 13.7. The number of para-hydroxylation sites is 1. The molecule has 0 aliphatic carbocycles. The largest absolute Gasteiger partial charge is 0.369 e. The standard InChI is InChI=1S/C15H15N5.ClH/c16-14-18-13(11-7-3-1-4-8-11)20(15(17)19-14)12-9-5-2-6-10-12;/h1-10,13H,(H4,16,17,18,19);1H. The minimum absolute atomic E-state index is 0. The molecule has 21 heavy (non-hydrogen) atoms. The van der Waals surface area contributed by atoms with Gasteiger partial charge in [-0.2, -0.15) is 4.99 Å². The Morgan fingerprint density at radius 1 is 0.857 bits per heavy atom. The maximum atomic E-state index is 6.04. The van der Waals surface area contributed by atoms with Gasteiger partial charge in [-0.1, -0.05) is 48.5 Å². The Morgan fingerprint density at radius 3 is 2.05 bits per heavy atom. The minimum atomic E-state index is -0.295. The normalized spacial score (nSPS) is 17.5. The van der Waals surface area contributed by atoms with E-state index in [-0.39, 0.29) is 24.5 Å². The molecule has 0 amide bonds. The summed E-state index contributed by atoms with van der Waals surface area (Å²) in [6.45, 7) is 0. The molecule has 0 saturated heterocycles. The molecular weight excluding hydrogens is 286 g/mol. The summed E-state index contributed by atoms with van der Waals surface area (Å²) in [4.78, 5) is 10.3. The zero-order valence-corrected chi connectivity index (χ0v) is 12.1. The molecule has 0 radical (unpaired) electrons. The second-order valence-corrected chi connectivity index (χ2v) is 4.45. The summed E-state index contributed by atoms with van der Waals surface area (Å²) in [7, 11) is 0. The number of nitrogens with zero attached hydrogens (tertiary/aromatic N) is 3. The van der Waals surface area contributed by atoms with Crippen molar-refractivity contribution in [2.24, 2.45) is 21.5 Å². The molecule has 0 aromatic heterocycles. The summed E-state index contributed by atoms with van der Waals surface area (Å²) in [6.07, 6.45) is -0.295. The molecule has 108 valence electrons. The zero-order chi connectivity index (χ0) is 13.9. The average Bonchev–Trinajstić information content (AvgIpc) is 2.48. The van der Waals surface area contributed by atoms with Crippen molar-refractivity contribution < 1.29 is 0 Å². The van der Waals surface area contributed by atoms with Crippen molar-refractivity contribution >= 4 is 30.0 Å². The molecule has 5 nitrogen and oxygen atoms in total. The van der Waals surface area contributed by atoms with Gasteiger partial charge in [-0.25, -0.2) is 4.99 Å². The predicted molar refractivity (Wildman–Crippen MR) is 88.6 cm³/mol. The van der Waals surface area contributed by atoms with Gasteiger partial charge >= 0.3 is 0 Å².